The summed E-state index contributed by atoms with van der Waals surface area (Å²) in [7, 11) is 1.54. The second-order valence-electron chi connectivity index (χ2n) is 3.70. The van der Waals surface area contributed by atoms with Gasteiger partial charge in [-0.2, -0.15) is 5.10 Å². The molecule has 0 spiro atoms. The number of anilines is 1. The normalized spacial score (nSPS) is 13.8. The first-order chi connectivity index (χ1) is 7.70. The Balaban J connectivity index is 2.32. The Morgan fingerprint density at radius 3 is 3.25 bits per heavy atom. The number of nitrogens with one attached hydrogen (secondary N) is 2. The summed E-state index contributed by atoms with van der Waals surface area (Å²) >= 11 is 0. The first kappa shape index (κ1) is 10.7. The molecule has 1 aromatic rings. The smallest absolute Gasteiger partial charge is 0.269 e. The number of rotatable bonds is 2. The van der Waals surface area contributed by atoms with Gasteiger partial charge in [-0.3, -0.25) is 9.59 Å². The molecule has 1 aliphatic heterocycles. The highest BCUT2D eigenvalue weighted by Crippen LogP contribution is 2.16. The van der Waals surface area contributed by atoms with Crippen LogP contribution in [0.1, 0.15) is 12.1 Å². The summed E-state index contributed by atoms with van der Waals surface area (Å²) in [4.78, 5) is 22.8. The van der Waals surface area contributed by atoms with Gasteiger partial charge in [-0.1, -0.05) is 0 Å². The van der Waals surface area contributed by atoms with Crippen molar-refractivity contribution in [3.63, 3.8) is 0 Å². The fourth-order valence-corrected chi connectivity index (χ4v) is 1.68. The van der Waals surface area contributed by atoms with Gasteiger partial charge in [0.05, 0.1) is 11.4 Å². The summed E-state index contributed by atoms with van der Waals surface area (Å²) in [6.45, 7) is 0.843. The van der Waals surface area contributed by atoms with Crippen LogP contribution < -0.4 is 16.2 Å². The van der Waals surface area contributed by atoms with Crippen molar-refractivity contribution < 1.29 is 4.79 Å². The van der Waals surface area contributed by atoms with E-state index in [1.807, 2.05) is 0 Å². The van der Waals surface area contributed by atoms with Crippen molar-refractivity contribution >= 4 is 11.6 Å². The highest BCUT2D eigenvalue weighted by Gasteiger charge is 2.13. The molecule has 0 aliphatic carbocycles. The van der Waals surface area contributed by atoms with E-state index in [1.54, 1.807) is 0 Å². The Bertz CT molecular complexity index is 466. The lowest BCUT2D eigenvalue weighted by Gasteiger charge is -2.17. The molecule has 1 aromatic heterocycles. The molecule has 0 atom stereocenters. The van der Waals surface area contributed by atoms with E-state index in [0.29, 0.717) is 0 Å². The van der Waals surface area contributed by atoms with Crippen LogP contribution in [0, 0.1) is 0 Å². The van der Waals surface area contributed by atoms with Crippen LogP contribution in [0.25, 0.3) is 0 Å². The summed E-state index contributed by atoms with van der Waals surface area (Å²) in [6, 6.07) is 1.50. The molecule has 0 saturated heterocycles. The number of carbonyl (C=O) groups excluding carboxylic acids is 1. The Morgan fingerprint density at radius 2 is 2.50 bits per heavy atom. The van der Waals surface area contributed by atoms with Gasteiger partial charge in [0.15, 0.2) is 0 Å². The number of amides is 1. The van der Waals surface area contributed by atoms with E-state index >= 15 is 0 Å². The van der Waals surface area contributed by atoms with E-state index in [4.69, 9.17) is 0 Å². The minimum absolute atomic E-state index is 0.0252. The van der Waals surface area contributed by atoms with Crippen molar-refractivity contribution in [2.45, 2.75) is 19.4 Å². The third-order valence-corrected chi connectivity index (χ3v) is 2.55. The standard InChI is InChI=1S/C10H14N4O2/c1-11-9(15)6-14-10(16)5-8-7(13-14)3-2-4-12-8/h5,12H,2-4,6H2,1H3,(H,11,15). The lowest BCUT2D eigenvalue weighted by Crippen LogP contribution is -2.33. The van der Waals surface area contributed by atoms with E-state index in [1.165, 1.54) is 17.8 Å². The molecule has 6 nitrogen and oxygen atoms in total. The first-order valence-corrected chi connectivity index (χ1v) is 5.26. The third-order valence-electron chi connectivity index (χ3n) is 2.55. The zero-order valence-electron chi connectivity index (χ0n) is 9.12. The highest BCUT2D eigenvalue weighted by molar-refractivity contribution is 5.75. The molecule has 6 heteroatoms. The maximum Gasteiger partial charge on any atom is 0.269 e. The van der Waals surface area contributed by atoms with Gasteiger partial charge in [-0.15, -0.1) is 0 Å². The molecule has 0 bridgehead atoms. The predicted molar refractivity (Wildman–Crippen MR) is 59.4 cm³/mol. The molecule has 0 saturated carbocycles. The summed E-state index contributed by atoms with van der Waals surface area (Å²) in [5.41, 5.74) is 1.40. The molecule has 0 fully saturated rings. The molecular weight excluding hydrogens is 208 g/mol. The first-order valence-electron chi connectivity index (χ1n) is 5.26. The van der Waals surface area contributed by atoms with Crippen molar-refractivity contribution in [1.82, 2.24) is 15.1 Å². The number of hydrogen-bond donors (Lipinski definition) is 2. The number of hydrogen-bond acceptors (Lipinski definition) is 4. The van der Waals surface area contributed by atoms with Gasteiger partial charge in [0.25, 0.3) is 5.56 Å². The Kier molecular flexibility index (Phi) is 2.89. The number of aryl methyl sites for hydroxylation is 1. The van der Waals surface area contributed by atoms with Crippen LogP contribution in [-0.4, -0.2) is 29.3 Å². The lowest BCUT2D eigenvalue weighted by molar-refractivity contribution is -0.121. The summed E-state index contributed by atoms with van der Waals surface area (Å²) in [5.74, 6) is -0.224. The fraction of sp³-hybridized carbons (Fsp3) is 0.500. The fourth-order valence-electron chi connectivity index (χ4n) is 1.68. The highest BCUT2D eigenvalue weighted by atomic mass is 16.2. The zero-order chi connectivity index (χ0) is 11.5. The monoisotopic (exact) mass is 222 g/mol. The molecule has 1 amide bonds. The third kappa shape index (κ3) is 2.05. The van der Waals surface area contributed by atoms with E-state index in [-0.39, 0.29) is 18.0 Å². The van der Waals surface area contributed by atoms with E-state index in [2.05, 4.69) is 15.7 Å². The molecule has 16 heavy (non-hydrogen) atoms. The maximum absolute atomic E-state index is 11.6. The number of carbonyl (C=O) groups is 1. The summed E-state index contributed by atoms with van der Waals surface area (Å²) in [5, 5.41) is 9.77. The number of nitrogens with zero attached hydrogens (tertiary/aromatic N) is 2. The van der Waals surface area contributed by atoms with Crippen molar-refractivity contribution in [1.29, 1.82) is 0 Å². The molecule has 0 radical (unpaired) electrons. The zero-order valence-corrected chi connectivity index (χ0v) is 9.12. The van der Waals surface area contributed by atoms with Crippen molar-refractivity contribution in [2.75, 3.05) is 18.9 Å². The van der Waals surface area contributed by atoms with Gasteiger partial charge >= 0.3 is 0 Å². The van der Waals surface area contributed by atoms with Crippen molar-refractivity contribution in [3.8, 4) is 0 Å². The SMILES string of the molecule is CNC(=O)Cn1nc2c(cc1=O)NCCC2. The minimum Gasteiger partial charge on any atom is -0.383 e. The Hall–Kier alpha value is -1.85. The van der Waals surface area contributed by atoms with Gasteiger partial charge < -0.3 is 10.6 Å². The molecule has 0 aromatic carbocycles. The number of likely N-dealkylation sites (N-methyl/N-ethyl adjacent to an activating group) is 1. The average Bonchev–Trinajstić information content (AvgIpc) is 2.30. The molecular formula is C10H14N4O2. The summed E-state index contributed by atoms with van der Waals surface area (Å²) in [6.07, 6.45) is 1.84. The van der Waals surface area contributed by atoms with Crippen LogP contribution >= 0.6 is 0 Å². The van der Waals surface area contributed by atoms with Crippen LogP contribution in [0.4, 0.5) is 5.69 Å². The molecule has 86 valence electrons. The second kappa shape index (κ2) is 4.34. The van der Waals surface area contributed by atoms with Gasteiger partial charge in [0.1, 0.15) is 6.54 Å². The van der Waals surface area contributed by atoms with Crippen LogP contribution in [-0.2, 0) is 17.8 Å². The maximum atomic E-state index is 11.6. The molecule has 1 aliphatic rings. The van der Waals surface area contributed by atoms with Crippen molar-refractivity contribution in [3.05, 3.63) is 22.1 Å². The van der Waals surface area contributed by atoms with Gasteiger partial charge in [0.2, 0.25) is 5.91 Å². The van der Waals surface area contributed by atoms with Gasteiger partial charge in [-0.25, -0.2) is 4.68 Å². The largest absolute Gasteiger partial charge is 0.383 e. The number of aromatic nitrogens is 2. The lowest BCUT2D eigenvalue weighted by atomic mass is 10.1. The second-order valence-corrected chi connectivity index (χ2v) is 3.70. The van der Waals surface area contributed by atoms with Gasteiger partial charge in [-0.05, 0) is 12.8 Å². The van der Waals surface area contributed by atoms with Gasteiger partial charge in [0, 0.05) is 19.7 Å². The summed E-state index contributed by atoms with van der Waals surface area (Å²) < 4.78 is 1.20. The van der Waals surface area contributed by atoms with E-state index < -0.39 is 0 Å². The molecule has 0 unspecified atom stereocenters. The van der Waals surface area contributed by atoms with Crippen molar-refractivity contribution in [2.24, 2.45) is 0 Å². The Labute approximate surface area is 92.7 Å². The predicted octanol–water partition coefficient (Wildman–Crippen LogP) is -0.653. The number of fused-ring (bicyclic) bond motifs is 1. The van der Waals surface area contributed by atoms with E-state index in [9.17, 15) is 9.59 Å². The Morgan fingerprint density at radius 1 is 1.69 bits per heavy atom. The quantitative estimate of drug-likeness (QED) is 0.697. The minimum atomic E-state index is -0.253. The molecule has 2 rings (SSSR count). The average molecular weight is 222 g/mol. The van der Waals surface area contributed by atoms with Crippen LogP contribution in [0.3, 0.4) is 0 Å². The molecule has 2 heterocycles. The van der Waals surface area contributed by atoms with Crippen LogP contribution in [0.15, 0.2) is 10.9 Å². The topological polar surface area (TPSA) is 76.0 Å². The van der Waals surface area contributed by atoms with Crippen LogP contribution in [0.2, 0.25) is 0 Å². The molecule has 2 N–H and O–H groups in total. The van der Waals surface area contributed by atoms with Crippen LogP contribution in [0.5, 0.6) is 0 Å². The van der Waals surface area contributed by atoms with E-state index in [0.717, 1.165) is 30.8 Å².